The normalized spacial score (nSPS) is 32.3. The van der Waals surface area contributed by atoms with Gasteiger partial charge in [0.15, 0.2) is 33.0 Å². The highest BCUT2D eigenvalue weighted by atomic mass is 28.4. The van der Waals surface area contributed by atoms with Crippen LogP contribution in [-0.4, -0.2) is 78.2 Å². The van der Waals surface area contributed by atoms with Gasteiger partial charge in [-0.1, -0.05) is 32.9 Å². The van der Waals surface area contributed by atoms with Crippen LogP contribution in [-0.2, 0) is 37.6 Å². The van der Waals surface area contributed by atoms with E-state index in [0.717, 1.165) is 103 Å². The summed E-state index contributed by atoms with van der Waals surface area (Å²) >= 11 is 0. The van der Waals surface area contributed by atoms with Gasteiger partial charge in [-0.15, -0.1) is 0 Å². The lowest BCUT2D eigenvalue weighted by Gasteiger charge is -2.39. The first-order chi connectivity index (χ1) is 21.1. The maximum atomic E-state index is 12.4. The number of carbonyl (C=O) groups is 1. The molecule has 1 aliphatic carbocycles. The van der Waals surface area contributed by atoms with Crippen molar-refractivity contribution in [2.75, 3.05) is 33.0 Å². The largest absolute Gasteiger partial charge is 0.416 e. The van der Waals surface area contributed by atoms with Crippen LogP contribution in [0.25, 0.3) is 0 Å². The van der Waals surface area contributed by atoms with Gasteiger partial charge in [0.2, 0.25) is 0 Å². The molecule has 3 unspecified atom stereocenters. The molecule has 4 aliphatic rings. The Morgan fingerprint density at radius 3 is 1.91 bits per heavy atom. The molecule has 4 fully saturated rings. The van der Waals surface area contributed by atoms with E-state index < -0.39 is 8.32 Å². The minimum absolute atomic E-state index is 0.0284. The molecule has 3 aliphatic heterocycles. The van der Waals surface area contributed by atoms with Crippen molar-refractivity contribution in [3.63, 3.8) is 0 Å². The second-order valence-electron chi connectivity index (χ2n) is 14.8. The number of rotatable bonds is 16. The summed E-state index contributed by atoms with van der Waals surface area (Å²) in [6.07, 6.45) is 17.5. The summed E-state index contributed by atoms with van der Waals surface area (Å²) in [6, 6.07) is 0. The number of hydrogen-bond acceptors (Lipinski definition) is 8. The Kier molecular flexibility index (Phi) is 14.8. The fraction of sp³-hybridized carbons (Fsp3) is 0.914. The SMILES string of the molecule is CC(C)(C)[Si](C)(C)OC[C@@H]1[C@@H](CC=CCCCC(=O)COC2CCCCO2)[C@@H](OC2CCCCO2)C[C@H]1OC1CCCCO1. The monoisotopic (exact) mass is 638 g/mol. The third kappa shape index (κ3) is 11.5. The summed E-state index contributed by atoms with van der Waals surface area (Å²) < 4.78 is 43.6. The molecule has 0 radical (unpaired) electrons. The molecule has 3 saturated heterocycles. The molecule has 44 heavy (non-hydrogen) atoms. The number of unbranched alkanes of at least 4 members (excludes halogenated alkanes) is 1. The highest BCUT2D eigenvalue weighted by molar-refractivity contribution is 6.74. The fourth-order valence-electron chi connectivity index (χ4n) is 6.44. The number of ketones is 1. The Morgan fingerprint density at radius 2 is 1.36 bits per heavy atom. The van der Waals surface area contributed by atoms with Crippen LogP contribution in [0.4, 0.5) is 0 Å². The first-order valence-electron chi connectivity index (χ1n) is 17.7. The molecule has 0 aromatic heterocycles. The summed E-state index contributed by atoms with van der Waals surface area (Å²) in [5.41, 5.74) is 0. The Hall–Kier alpha value is -0.653. The average Bonchev–Trinajstić information content (AvgIpc) is 3.32. The van der Waals surface area contributed by atoms with Crippen molar-refractivity contribution in [3.05, 3.63) is 12.2 Å². The van der Waals surface area contributed by atoms with Crippen LogP contribution < -0.4 is 0 Å². The smallest absolute Gasteiger partial charge is 0.191 e. The molecule has 0 amide bonds. The van der Waals surface area contributed by atoms with Gasteiger partial charge in [-0.2, -0.15) is 0 Å². The topological polar surface area (TPSA) is 81.7 Å². The zero-order valence-corrected chi connectivity index (χ0v) is 29.4. The van der Waals surface area contributed by atoms with E-state index in [-0.39, 0.29) is 60.3 Å². The highest BCUT2D eigenvalue weighted by Gasteiger charge is 2.48. The van der Waals surface area contributed by atoms with E-state index in [1.54, 1.807) is 0 Å². The molecule has 254 valence electrons. The van der Waals surface area contributed by atoms with Gasteiger partial charge in [0, 0.05) is 45.2 Å². The minimum Gasteiger partial charge on any atom is -0.416 e. The van der Waals surface area contributed by atoms with Crippen LogP contribution in [0.2, 0.25) is 18.1 Å². The third-order valence-corrected chi connectivity index (χ3v) is 14.8. The van der Waals surface area contributed by atoms with Crippen LogP contribution in [0.3, 0.4) is 0 Å². The van der Waals surface area contributed by atoms with E-state index in [2.05, 4.69) is 46.0 Å². The van der Waals surface area contributed by atoms with Crippen molar-refractivity contribution in [2.45, 2.75) is 160 Å². The molecule has 0 N–H and O–H groups in total. The Morgan fingerprint density at radius 1 is 0.795 bits per heavy atom. The number of carbonyl (C=O) groups excluding carboxylic acids is 1. The van der Waals surface area contributed by atoms with Crippen molar-refractivity contribution in [3.8, 4) is 0 Å². The van der Waals surface area contributed by atoms with Crippen LogP contribution in [0, 0.1) is 11.8 Å². The zero-order valence-electron chi connectivity index (χ0n) is 28.4. The summed E-state index contributed by atoms with van der Waals surface area (Å²) in [4.78, 5) is 12.4. The number of ether oxygens (including phenoxy) is 6. The van der Waals surface area contributed by atoms with Gasteiger partial charge in [0.05, 0.1) is 12.2 Å². The Labute approximate surface area is 268 Å². The maximum absolute atomic E-state index is 12.4. The molecule has 0 aromatic carbocycles. The Balaban J connectivity index is 1.35. The molecule has 3 heterocycles. The van der Waals surface area contributed by atoms with Crippen molar-refractivity contribution in [2.24, 2.45) is 11.8 Å². The van der Waals surface area contributed by atoms with Gasteiger partial charge in [0.25, 0.3) is 0 Å². The van der Waals surface area contributed by atoms with Gasteiger partial charge < -0.3 is 32.8 Å². The quantitative estimate of drug-likeness (QED) is 0.0967. The molecule has 1 saturated carbocycles. The van der Waals surface area contributed by atoms with Gasteiger partial charge in [-0.05, 0) is 101 Å². The van der Waals surface area contributed by atoms with Crippen LogP contribution in [0.15, 0.2) is 12.2 Å². The number of hydrogen-bond donors (Lipinski definition) is 0. The molecule has 0 spiro atoms. The van der Waals surface area contributed by atoms with Gasteiger partial charge in [-0.3, -0.25) is 4.79 Å². The van der Waals surface area contributed by atoms with E-state index in [1.165, 1.54) is 0 Å². The van der Waals surface area contributed by atoms with E-state index in [9.17, 15) is 4.79 Å². The molecular weight excluding hydrogens is 576 g/mol. The summed E-state index contributed by atoms with van der Waals surface area (Å²) in [5, 5.41) is 0.140. The standard InChI is InChI=1S/C35H62O8Si/c1-35(2,3)44(4,5)41-26-29-28(17-9-7-6-8-16-27(36)25-40-32-18-10-13-21-37-32)30(42-33-19-11-14-22-38-33)24-31(29)43-34-20-12-15-23-39-34/h7,9,28-34H,6,8,10-26H2,1-5H3/t28-,29-,30+,31-,32?,33?,34?/m1/s1. The highest BCUT2D eigenvalue weighted by Crippen LogP contribution is 2.43. The number of allylic oxidation sites excluding steroid dienone is 2. The van der Waals surface area contributed by atoms with Crippen LogP contribution >= 0.6 is 0 Å². The van der Waals surface area contributed by atoms with Gasteiger partial charge in [0.1, 0.15) is 6.61 Å². The number of Topliss-reactive ketones (excluding diaryl/α,β-unsaturated/α-hetero) is 1. The lowest BCUT2D eigenvalue weighted by molar-refractivity contribution is -0.204. The van der Waals surface area contributed by atoms with Crippen molar-refractivity contribution < 1.29 is 37.6 Å². The molecule has 4 rings (SSSR count). The van der Waals surface area contributed by atoms with E-state index in [1.807, 2.05) is 0 Å². The van der Waals surface area contributed by atoms with E-state index in [4.69, 9.17) is 32.8 Å². The summed E-state index contributed by atoms with van der Waals surface area (Å²) in [6.45, 7) is 14.7. The van der Waals surface area contributed by atoms with Crippen LogP contribution in [0.5, 0.6) is 0 Å². The molecule has 0 bridgehead atoms. The maximum Gasteiger partial charge on any atom is 0.191 e. The zero-order chi connectivity index (χ0) is 31.4. The molecule has 8 nitrogen and oxygen atoms in total. The van der Waals surface area contributed by atoms with Crippen molar-refractivity contribution >= 4 is 14.1 Å². The average molecular weight is 639 g/mol. The lowest BCUT2D eigenvalue weighted by Crippen LogP contribution is -2.44. The second-order valence-corrected chi connectivity index (χ2v) is 19.6. The first kappa shape index (κ1) is 36.2. The predicted octanol–water partition coefficient (Wildman–Crippen LogP) is 7.70. The lowest BCUT2D eigenvalue weighted by atomic mass is 9.90. The van der Waals surface area contributed by atoms with Gasteiger partial charge >= 0.3 is 0 Å². The molecule has 9 heteroatoms. The van der Waals surface area contributed by atoms with E-state index in [0.29, 0.717) is 13.0 Å². The van der Waals surface area contributed by atoms with Crippen molar-refractivity contribution in [1.29, 1.82) is 0 Å². The Bertz CT molecular complexity index is 855. The van der Waals surface area contributed by atoms with E-state index >= 15 is 0 Å². The second kappa shape index (κ2) is 18.0. The summed E-state index contributed by atoms with van der Waals surface area (Å²) in [5.74, 6) is 0.631. The molecule has 0 aromatic rings. The third-order valence-electron chi connectivity index (χ3n) is 10.3. The fourth-order valence-corrected chi connectivity index (χ4v) is 7.48. The van der Waals surface area contributed by atoms with Crippen LogP contribution in [0.1, 0.15) is 111 Å². The minimum atomic E-state index is -1.95. The predicted molar refractivity (Wildman–Crippen MR) is 174 cm³/mol. The molecular formula is C35H62O8Si. The molecule has 7 atom stereocenters. The summed E-state index contributed by atoms with van der Waals surface area (Å²) in [7, 11) is -1.95. The van der Waals surface area contributed by atoms with Crippen molar-refractivity contribution in [1.82, 2.24) is 0 Å². The van der Waals surface area contributed by atoms with Gasteiger partial charge in [-0.25, -0.2) is 0 Å². The first-order valence-corrected chi connectivity index (χ1v) is 20.6.